The van der Waals surface area contributed by atoms with Gasteiger partial charge in [-0.2, -0.15) is 0 Å². The smallest absolute Gasteiger partial charge is 0.123 e. The number of rotatable bonds is 2. The second-order valence-corrected chi connectivity index (χ2v) is 4.78. The summed E-state index contributed by atoms with van der Waals surface area (Å²) in [4.78, 5) is 0. The Hall–Kier alpha value is -1.67. The van der Waals surface area contributed by atoms with E-state index in [0.29, 0.717) is 0 Å². The first kappa shape index (κ1) is 12.8. The van der Waals surface area contributed by atoms with Gasteiger partial charge in [-0.1, -0.05) is 24.3 Å². The summed E-state index contributed by atoms with van der Waals surface area (Å²) >= 11 is 0. The normalized spacial score (nSPS) is 12.5. The van der Waals surface area contributed by atoms with E-state index in [1.54, 1.807) is 6.07 Å². The number of benzene rings is 2. The van der Waals surface area contributed by atoms with Gasteiger partial charge < -0.3 is 5.73 Å². The number of hydrogen-bond donors (Lipinski definition) is 1. The van der Waals surface area contributed by atoms with Gasteiger partial charge in [0.1, 0.15) is 5.82 Å². The molecule has 0 fully saturated rings. The van der Waals surface area contributed by atoms with Crippen molar-refractivity contribution in [1.29, 1.82) is 0 Å². The van der Waals surface area contributed by atoms with Crippen molar-refractivity contribution in [3.05, 3.63) is 70.0 Å². The van der Waals surface area contributed by atoms with Crippen LogP contribution in [0.1, 0.15) is 33.9 Å². The zero-order valence-corrected chi connectivity index (χ0v) is 11.0. The molecule has 1 unspecified atom stereocenters. The van der Waals surface area contributed by atoms with Crippen LogP contribution in [0.25, 0.3) is 0 Å². The summed E-state index contributed by atoms with van der Waals surface area (Å²) in [5, 5.41) is 0. The van der Waals surface area contributed by atoms with Crippen LogP contribution in [0, 0.1) is 26.6 Å². The third-order valence-electron chi connectivity index (χ3n) is 3.43. The zero-order chi connectivity index (χ0) is 13.3. The van der Waals surface area contributed by atoms with Crippen LogP contribution in [-0.2, 0) is 0 Å². The Bertz CT molecular complexity index is 555. The molecule has 2 heteroatoms. The number of nitrogens with two attached hydrogens (primary N) is 1. The molecule has 2 rings (SSSR count). The quantitative estimate of drug-likeness (QED) is 0.853. The lowest BCUT2D eigenvalue weighted by Gasteiger charge is -2.19. The van der Waals surface area contributed by atoms with Gasteiger partial charge in [0.15, 0.2) is 0 Å². The van der Waals surface area contributed by atoms with Crippen molar-refractivity contribution in [3.8, 4) is 0 Å². The Morgan fingerprint density at radius 1 is 0.944 bits per heavy atom. The molecule has 0 spiro atoms. The Kier molecular flexibility index (Phi) is 3.48. The van der Waals surface area contributed by atoms with Crippen molar-refractivity contribution >= 4 is 0 Å². The van der Waals surface area contributed by atoms with E-state index in [0.717, 1.165) is 27.8 Å². The molecule has 0 radical (unpaired) electrons. The fourth-order valence-electron chi connectivity index (χ4n) is 2.42. The molecule has 94 valence electrons. The Morgan fingerprint density at radius 2 is 1.56 bits per heavy atom. The highest BCUT2D eigenvalue weighted by molar-refractivity contribution is 5.43. The van der Waals surface area contributed by atoms with Gasteiger partial charge in [-0.15, -0.1) is 0 Å². The van der Waals surface area contributed by atoms with Crippen LogP contribution in [0.3, 0.4) is 0 Å². The predicted octanol–water partition coefficient (Wildman–Crippen LogP) is 3.80. The van der Waals surface area contributed by atoms with Gasteiger partial charge in [-0.3, -0.25) is 0 Å². The molecule has 0 heterocycles. The monoisotopic (exact) mass is 243 g/mol. The fraction of sp³-hybridized carbons (Fsp3) is 0.250. The molecule has 1 atom stereocenters. The highest BCUT2D eigenvalue weighted by Gasteiger charge is 2.16. The summed E-state index contributed by atoms with van der Waals surface area (Å²) in [6.45, 7) is 6.04. The largest absolute Gasteiger partial charge is 0.320 e. The second kappa shape index (κ2) is 4.91. The van der Waals surface area contributed by atoms with Gasteiger partial charge in [0.05, 0.1) is 6.04 Å². The molecule has 2 aromatic rings. The van der Waals surface area contributed by atoms with Crippen LogP contribution in [-0.4, -0.2) is 0 Å². The summed E-state index contributed by atoms with van der Waals surface area (Å²) in [5.74, 6) is -0.239. The lowest BCUT2D eigenvalue weighted by atomic mass is 9.90. The van der Waals surface area contributed by atoms with Crippen molar-refractivity contribution in [2.45, 2.75) is 26.8 Å². The Balaban J connectivity index is 2.54. The molecular formula is C16H18FN. The Labute approximate surface area is 107 Å². The maximum absolute atomic E-state index is 13.4. The zero-order valence-electron chi connectivity index (χ0n) is 11.0. The van der Waals surface area contributed by atoms with E-state index in [9.17, 15) is 4.39 Å². The lowest BCUT2D eigenvalue weighted by molar-refractivity contribution is 0.622. The molecule has 0 aliphatic carbocycles. The standard InChI is InChI=1S/C16H18FN/c1-10-7-8-13(17)9-14(10)16(18)15-11(2)5-4-6-12(15)3/h4-9,16H,18H2,1-3H3. The minimum atomic E-state index is -0.276. The molecule has 0 aliphatic heterocycles. The topological polar surface area (TPSA) is 26.0 Å². The fourth-order valence-corrected chi connectivity index (χ4v) is 2.42. The van der Waals surface area contributed by atoms with Crippen molar-refractivity contribution in [2.75, 3.05) is 0 Å². The SMILES string of the molecule is Cc1ccc(F)cc1C(N)c1c(C)cccc1C. The van der Waals surface area contributed by atoms with Crippen LogP contribution in [0.4, 0.5) is 4.39 Å². The summed E-state index contributed by atoms with van der Waals surface area (Å²) < 4.78 is 13.4. The maximum atomic E-state index is 13.4. The van der Waals surface area contributed by atoms with E-state index in [2.05, 4.69) is 0 Å². The van der Waals surface area contributed by atoms with Crippen molar-refractivity contribution in [3.63, 3.8) is 0 Å². The molecular weight excluding hydrogens is 225 g/mol. The molecule has 2 aromatic carbocycles. The molecule has 18 heavy (non-hydrogen) atoms. The second-order valence-electron chi connectivity index (χ2n) is 4.78. The average molecular weight is 243 g/mol. The van der Waals surface area contributed by atoms with Crippen molar-refractivity contribution in [1.82, 2.24) is 0 Å². The van der Waals surface area contributed by atoms with Crippen LogP contribution < -0.4 is 5.73 Å². The highest BCUT2D eigenvalue weighted by Crippen LogP contribution is 2.28. The lowest BCUT2D eigenvalue weighted by Crippen LogP contribution is -2.16. The molecule has 0 bridgehead atoms. The number of halogens is 1. The van der Waals surface area contributed by atoms with Gasteiger partial charge >= 0.3 is 0 Å². The van der Waals surface area contributed by atoms with E-state index in [4.69, 9.17) is 5.73 Å². The van der Waals surface area contributed by atoms with E-state index >= 15 is 0 Å². The summed E-state index contributed by atoms with van der Waals surface area (Å²) in [5.41, 5.74) is 11.6. The minimum absolute atomic E-state index is 0.239. The number of hydrogen-bond acceptors (Lipinski definition) is 1. The van der Waals surface area contributed by atoms with E-state index in [-0.39, 0.29) is 11.9 Å². The summed E-state index contributed by atoms with van der Waals surface area (Å²) in [6, 6.07) is 10.6. The van der Waals surface area contributed by atoms with Gasteiger partial charge in [0.2, 0.25) is 0 Å². The van der Waals surface area contributed by atoms with E-state index in [1.807, 2.05) is 39.0 Å². The highest BCUT2D eigenvalue weighted by atomic mass is 19.1. The van der Waals surface area contributed by atoms with Gasteiger partial charge in [-0.25, -0.2) is 4.39 Å². The third kappa shape index (κ3) is 2.29. The van der Waals surface area contributed by atoms with Crippen LogP contribution >= 0.6 is 0 Å². The predicted molar refractivity (Wildman–Crippen MR) is 73.1 cm³/mol. The summed E-state index contributed by atoms with van der Waals surface area (Å²) in [7, 11) is 0. The van der Waals surface area contributed by atoms with E-state index in [1.165, 1.54) is 12.1 Å². The third-order valence-corrected chi connectivity index (χ3v) is 3.43. The van der Waals surface area contributed by atoms with Gasteiger partial charge in [0.25, 0.3) is 0 Å². The van der Waals surface area contributed by atoms with Crippen LogP contribution in [0.5, 0.6) is 0 Å². The van der Waals surface area contributed by atoms with Crippen LogP contribution in [0.15, 0.2) is 36.4 Å². The average Bonchev–Trinajstić information content (AvgIpc) is 2.32. The van der Waals surface area contributed by atoms with Crippen LogP contribution in [0.2, 0.25) is 0 Å². The minimum Gasteiger partial charge on any atom is -0.320 e. The maximum Gasteiger partial charge on any atom is 0.123 e. The van der Waals surface area contributed by atoms with Crippen molar-refractivity contribution < 1.29 is 4.39 Å². The van der Waals surface area contributed by atoms with Gasteiger partial charge in [0, 0.05) is 0 Å². The number of aryl methyl sites for hydroxylation is 3. The first-order valence-corrected chi connectivity index (χ1v) is 6.08. The molecule has 0 amide bonds. The molecule has 0 saturated carbocycles. The molecule has 0 saturated heterocycles. The first-order chi connectivity index (χ1) is 8.50. The van der Waals surface area contributed by atoms with E-state index < -0.39 is 0 Å². The molecule has 1 nitrogen and oxygen atoms in total. The molecule has 0 aromatic heterocycles. The molecule has 2 N–H and O–H groups in total. The summed E-state index contributed by atoms with van der Waals surface area (Å²) in [6.07, 6.45) is 0. The van der Waals surface area contributed by atoms with Crippen molar-refractivity contribution in [2.24, 2.45) is 5.73 Å². The molecule has 0 aliphatic rings. The van der Waals surface area contributed by atoms with Gasteiger partial charge in [-0.05, 0) is 60.7 Å². The Morgan fingerprint density at radius 3 is 2.17 bits per heavy atom. The first-order valence-electron chi connectivity index (χ1n) is 6.08.